The van der Waals surface area contributed by atoms with Crippen LogP contribution in [0.2, 0.25) is 0 Å². The summed E-state index contributed by atoms with van der Waals surface area (Å²) in [6, 6.07) is 0. The van der Waals surface area contributed by atoms with Gasteiger partial charge in [0.2, 0.25) is 17.8 Å². The van der Waals surface area contributed by atoms with Crippen molar-refractivity contribution in [2.75, 3.05) is 141 Å². The van der Waals surface area contributed by atoms with E-state index in [4.69, 9.17) is 38.9 Å². The molecule has 2 aromatic heterocycles. The summed E-state index contributed by atoms with van der Waals surface area (Å²) in [5.41, 5.74) is 1.19. The summed E-state index contributed by atoms with van der Waals surface area (Å²) in [6.45, 7) is 5.73. The van der Waals surface area contributed by atoms with Crippen LogP contribution >= 0.6 is 0 Å². The number of methoxy groups -OCH3 is 4. The lowest BCUT2D eigenvalue weighted by Gasteiger charge is -2.34. The summed E-state index contributed by atoms with van der Waals surface area (Å²) in [5.74, 6) is 2.30. The third-order valence-electron chi connectivity index (χ3n) is 6.49. The van der Waals surface area contributed by atoms with Crippen molar-refractivity contribution in [3.63, 3.8) is 0 Å². The monoisotopic (exact) mass is 549 g/mol. The summed E-state index contributed by atoms with van der Waals surface area (Å²) in [7, 11) is 12.3. The number of anilines is 4. The van der Waals surface area contributed by atoms with Gasteiger partial charge in [0.05, 0.1) is 33.0 Å². The molecule has 3 rings (SSSR count). The highest BCUT2D eigenvalue weighted by Crippen LogP contribution is 2.32. The first-order chi connectivity index (χ1) is 18.8. The summed E-state index contributed by atoms with van der Waals surface area (Å²) >= 11 is 0. The number of piperazine rings is 1. The maximum atomic E-state index is 12.7. The molecule has 0 atom stereocenters. The number of aromatic nitrogens is 4. The number of hydrogen-bond acceptors (Lipinski definition) is 13. The minimum atomic E-state index is 0.0223. The molecule has 1 saturated heterocycles. The molecule has 1 amide bonds. The molecule has 0 radical (unpaired) electrons. The number of hydrogen-bond donors (Lipinski definition) is 0. The molecule has 1 fully saturated rings. The number of ether oxygens (including phenoxy) is 4. The minimum Gasteiger partial charge on any atom is -0.383 e. The molecule has 0 unspecified atom stereocenters. The molecule has 14 heteroatoms. The Morgan fingerprint density at radius 2 is 1.21 bits per heavy atom. The fraction of sp³-hybridized carbons (Fsp3) is 0.720. The molecule has 14 nitrogen and oxygen atoms in total. The van der Waals surface area contributed by atoms with E-state index in [0.717, 1.165) is 0 Å². The molecule has 39 heavy (non-hydrogen) atoms. The minimum absolute atomic E-state index is 0.0223. The fourth-order valence-electron chi connectivity index (χ4n) is 4.15. The van der Waals surface area contributed by atoms with Crippen molar-refractivity contribution in [1.29, 1.82) is 0 Å². The Kier molecular flexibility index (Phi) is 11.7. The molecule has 218 valence electrons. The van der Waals surface area contributed by atoms with E-state index in [9.17, 15) is 4.79 Å². The van der Waals surface area contributed by atoms with Crippen molar-refractivity contribution < 1.29 is 23.7 Å². The van der Waals surface area contributed by atoms with Gasteiger partial charge in [-0.2, -0.15) is 9.97 Å². The van der Waals surface area contributed by atoms with Crippen molar-refractivity contribution in [3.8, 4) is 0 Å². The van der Waals surface area contributed by atoms with E-state index < -0.39 is 0 Å². The maximum Gasteiger partial charge on any atom is 0.241 e. The van der Waals surface area contributed by atoms with Crippen molar-refractivity contribution >= 4 is 40.5 Å². The molecule has 0 spiro atoms. The van der Waals surface area contributed by atoms with Gasteiger partial charge in [0, 0.05) is 88.9 Å². The average molecular weight is 550 g/mol. The second-order valence-corrected chi connectivity index (χ2v) is 9.47. The van der Waals surface area contributed by atoms with Gasteiger partial charge in [-0.05, 0) is 0 Å². The molecule has 0 N–H and O–H groups in total. The molecule has 0 bridgehead atoms. The van der Waals surface area contributed by atoms with Crippen LogP contribution in [0.1, 0.15) is 0 Å². The van der Waals surface area contributed by atoms with Gasteiger partial charge in [-0.1, -0.05) is 0 Å². The normalized spacial score (nSPS) is 13.9. The first-order valence-corrected chi connectivity index (χ1v) is 13.1. The van der Waals surface area contributed by atoms with E-state index in [1.54, 1.807) is 33.3 Å². The van der Waals surface area contributed by atoms with E-state index in [1.165, 1.54) is 0 Å². The van der Waals surface area contributed by atoms with Crippen LogP contribution in [-0.4, -0.2) is 153 Å². The fourth-order valence-corrected chi connectivity index (χ4v) is 4.15. The van der Waals surface area contributed by atoms with Crippen molar-refractivity contribution in [2.24, 2.45) is 0 Å². The predicted molar refractivity (Wildman–Crippen MR) is 151 cm³/mol. The number of rotatable bonds is 16. The quantitative estimate of drug-likeness (QED) is 0.279. The first-order valence-electron chi connectivity index (χ1n) is 13.1. The predicted octanol–water partition coefficient (Wildman–Crippen LogP) is -0.0374. The third kappa shape index (κ3) is 7.75. The van der Waals surface area contributed by atoms with E-state index >= 15 is 0 Å². The Morgan fingerprint density at radius 3 is 1.67 bits per heavy atom. The van der Waals surface area contributed by atoms with Crippen LogP contribution < -0.4 is 19.6 Å². The molecular weight excluding hydrogens is 506 g/mol. The zero-order valence-corrected chi connectivity index (χ0v) is 24.3. The van der Waals surface area contributed by atoms with Crippen LogP contribution in [0.4, 0.5) is 23.5 Å². The smallest absolute Gasteiger partial charge is 0.241 e. The Bertz CT molecular complexity index is 1060. The van der Waals surface area contributed by atoms with E-state index in [2.05, 4.69) is 0 Å². The number of likely N-dealkylation sites (N-methyl/N-ethyl adjacent to an activating group) is 1. The van der Waals surface area contributed by atoms with E-state index in [0.29, 0.717) is 100 Å². The Hall–Kier alpha value is -3.07. The Labute approximate surface area is 230 Å². The van der Waals surface area contributed by atoms with Gasteiger partial charge < -0.3 is 43.4 Å². The summed E-state index contributed by atoms with van der Waals surface area (Å²) < 4.78 is 21.4. The lowest BCUT2D eigenvalue weighted by atomic mass is 10.2. The van der Waals surface area contributed by atoms with Crippen LogP contribution in [0.3, 0.4) is 0 Å². The number of carbonyl (C=O) groups is 1. The van der Waals surface area contributed by atoms with Gasteiger partial charge in [0.25, 0.3) is 0 Å². The van der Waals surface area contributed by atoms with Crippen LogP contribution in [0.25, 0.3) is 11.0 Å². The zero-order chi connectivity index (χ0) is 28.4. The maximum absolute atomic E-state index is 12.7. The van der Waals surface area contributed by atoms with Gasteiger partial charge in [0.15, 0.2) is 11.6 Å². The molecule has 1 aliphatic heterocycles. The van der Waals surface area contributed by atoms with Gasteiger partial charge >= 0.3 is 0 Å². The van der Waals surface area contributed by atoms with Crippen molar-refractivity contribution in [2.45, 2.75) is 0 Å². The molecule has 3 heterocycles. The average Bonchev–Trinajstić information content (AvgIpc) is 2.93. The number of nitrogens with zero attached hydrogens (tertiary/aromatic N) is 9. The molecule has 0 saturated carbocycles. The van der Waals surface area contributed by atoms with Gasteiger partial charge in [-0.15, -0.1) is 0 Å². The number of amides is 1. The van der Waals surface area contributed by atoms with Crippen LogP contribution in [-0.2, 0) is 23.7 Å². The topological polar surface area (TPSA) is 122 Å². The highest BCUT2D eigenvalue weighted by molar-refractivity contribution is 5.96. The Morgan fingerprint density at radius 1 is 0.718 bits per heavy atom. The zero-order valence-electron chi connectivity index (χ0n) is 24.3. The highest BCUT2D eigenvalue weighted by atomic mass is 16.5. The molecule has 0 aliphatic carbocycles. The third-order valence-corrected chi connectivity index (χ3v) is 6.49. The van der Waals surface area contributed by atoms with Gasteiger partial charge in [-0.25, -0.2) is 9.97 Å². The summed E-state index contributed by atoms with van der Waals surface area (Å²) in [5, 5.41) is 0. The van der Waals surface area contributed by atoms with Crippen molar-refractivity contribution in [1.82, 2.24) is 24.8 Å². The molecule has 1 aliphatic rings. The van der Waals surface area contributed by atoms with Gasteiger partial charge in [0.1, 0.15) is 11.0 Å². The second kappa shape index (κ2) is 14.9. The van der Waals surface area contributed by atoms with Crippen LogP contribution in [0.15, 0.2) is 0 Å². The summed E-state index contributed by atoms with van der Waals surface area (Å²) in [6.07, 6.45) is 0. The molecule has 2 aromatic rings. The van der Waals surface area contributed by atoms with E-state index in [1.807, 2.05) is 40.7 Å². The number of fused-ring (bicyclic) bond motifs is 1. The summed E-state index contributed by atoms with van der Waals surface area (Å²) in [4.78, 5) is 42.3. The molecule has 0 aromatic carbocycles. The lowest BCUT2D eigenvalue weighted by Crippen LogP contribution is -2.49. The van der Waals surface area contributed by atoms with Crippen LogP contribution in [0.5, 0.6) is 0 Å². The lowest BCUT2D eigenvalue weighted by molar-refractivity contribution is -0.129. The number of carbonyl (C=O) groups excluding carboxylic acids is 1. The van der Waals surface area contributed by atoms with Crippen LogP contribution in [0, 0.1) is 0 Å². The van der Waals surface area contributed by atoms with Gasteiger partial charge in [-0.3, -0.25) is 4.79 Å². The first kappa shape index (κ1) is 30.5. The second-order valence-electron chi connectivity index (χ2n) is 9.47. The van der Waals surface area contributed by atoms with E-state index in [-0.39, 0.29) is 12.5 Å². The SMILES string of the molecule is COCCN(CCOC)c1nc(N2CCN(C)C(=O)C2)c2nc(N(CCOC)CCOC)nc(N(C)C)c2n1. The van der Waals surface area contributed by atoms with Crippen molar-refractivity contribution in [3.05, 3.63) is 0 Å². The highest BCUT2D eigenvalue weighted by Gasteiger charge is 2.28. The largest absolute Gasteiger partial charge is 0.383 e. The Balaban J connectivity index is 2.24. The standard InChI is InChI=1S/C25H43N9O5/c1-30(2)22-20-21(27-24(28-22)32(10-14-36-4)11-15-37-5)23(34-9-8-31(3)19(35)18-34)29-25(26-20)33(12-16-38-6)13-17-39-7/h8-18H2,1-7H3. The molecular formula is C25H43N9O5.